The first-order chi connectivity index (χ1) is 14.4. The topological polar surface area (TPSA) is 79.0 Å². The lowest BCUT2D eigenvalue weighted by atomic mass is 10.1. The van der Waals surface area contributed by atoms with Gasteiger partial charge in [-0.15, -0.1) is 0 Å². The van der Waals surface area contributed by atoms with E-state index in [9.17, 15) is 14.4 Å². The SMILES string of the molecule is COC(=O)CN1C(=S)N(Cc2ccccc2)C(=O)[C@@H]1CC(=O)Nc1ccc(I)cc1. The van der Waals surface area contributed by atoms with Crippen LogP contribution >= 0.6 is 34.8 Å². The van der Waals surface area contributed by atoms with Crippen molar-refractivity contribution in [2.24, 2.45) is 0 Å². The van der Waals surface area contributed by atoms with Crippen molar-refractivity contribution in [1.82, 2.24) is 9.80 Å². The summed E-state index contributed by atoms with van der Waals surface area (Å²) in [5, 5.41) is 2.99. The van der Waals surface area contributed by atoms with Gasteiger partial charge >= 0.3 is 5.97 Å². The van der Waals surface area contributed by atoms with E-state index >= 15 is 0 Å². The second-order valence-corrected chi connectivity index (χ2v) is 8.28. The van der Waals surface area contributed by atoms with Gasteiger partial charge in [-0.2, -0.15) is 0 Å². The quantitative estimate of drug-likeness (QED) is 0.333. The molecular weight excluding hydrogens is 517 g/mol. The summed E-state index contributed by atoms with van der Waals surface area (Å²) >= 11 is 7.65. The second kappa shape index (κ2) is 9.98. The summed E-state index contributed by atoms with van der Waals surface area (Å²) in [4.78, 5) is 40.5. The number of thiocarbonyl (C=S) groups is 1. The van der Waals surface area contributed by atoms with Crippen molar-refractivity contribution >= 4 is 63.4 Å². The Morgan fingerprint density at radius 1 is 1.13 bits per heavy atom. The van der Waals surface area contributed by atoms with E-state index in [4.69, 9.17) is 17.0 Å². The molecule has 1 aliphatic rings. The highest BCUT2D eigenvalue weighted by Crippen LogP contribution is 2.23. The molecule has 30 heavy (non-hydrogen) atoms. The van der Waals surface area contributed by atoms with Gasteiger partial charge in [-0.25, -0.2) is 0 Å². The van der Waals surface area contributed by atoms with E-state index in [1.165, 1.54) is 16.9 Å². The zero-order valence-corrected chi connectivity index (χ0v) is 19.2. The van der Waals surface area contributed by atoms with Crippen molar-refractivity contribution in [2.45, 2.75) is 19.0 Å². The number of ether oxygens (including phenoxy) is 1. The molecule has 9 heteroatoms. The van der Waals surface area contributed by atoms with E-state index in [1.54, 1.807) is 12.1 Å². The number of nitrogens with one attached hydrogen (secondary N) is 1. The Morgan fingerprint density at radius 3 is 2.43 bits per heavy atom. The Bertz CT molecular complexity index is 952. The number of methoxy groups -OCH3 is 1. The zero-order valence-electron chi connectivity index (χ0n) is 16.2. The number of esters is 1. The summed E-state index contributed by atoms with van der Waals surface area (Å²) < 4.78 is 5.78. The van der Waals surface area contributed by atoms with Crippen molar-refractivity contribution in [2.75, 3.05) is 19.0 Å². The van der Waals surface area contributed by atoms with Crippen molar-refractivity contribution in [3.05, 3.63) is 63.7 Å². The molecule has 0 unspecified atom stereocenters. The molecule has 3 rings (SSSR count). The molecule has 2 aromatic carbocycles. The number of nitrogens with zero attached hydrogens (tertiary/aromatic N) is 2. The third kappa shape index (κ3) is 5.33. The number of carbonyl (C=O) groups excluding carboxylic acids is 3. The summed E-state index contributed by atoms with van der Waals surface area (Å²) in [7, 11) is 1.27. The van der Waals surface area contributed by atoms with Gasteiger partial charge in [-0.3, -0.25) is 19.3 Å². The van der Waals surface area contributed by atoms with Crippen LogP contribution in [0, 0.1) is 3.57 Å². The van der Waals surface area contributed by atoms with E-state index in [-0.39, 0.29) is 36.4 Å². The summed E-state index contributed by atoms with van der Waals surface area (Å²) in [6.07, 6.45) is -0.132. The molecule has 1 fully saturated rings. The normalized spacial score (nSPS) is 16.0. The van der Waals surface area contributed by atoms with Gasteiger partial charge in [-0.05, 0) is 64.6 Å². The summed E-state index contributed by atoms with van der Waals surface area (Å²) in [5.41, 5.74) is 1.53. The minimum Gasteiger partial charge on any atom is -0.468 e. The minimum absolute atomic E-state index is 0.132. The first kappa shape index (κ1) is 22.2. The van der Waals surface area contributed by atoms with Gasteiger partial charge in [0.2, 0.25) is 5.91 Å². The lowest BCUT2D eigenvalue weighted by Gasteiger charge is -2.22. The lowest BCUT2D eigenvalue weighted by molar-refractivity contribution is -0.141. The van der Waals surface area contributed by atoms with Crippen LogP contribution in [0.2, 0.25) is 0 Å². The average molecular weight is 537 g/mol. The maximum Gasteiger partial charge on any atom is 0.325 e. The van der Waals surface area contributed by atoms with Crippen LogP contribution in [0.5, 0.6) is 0 Å². The van der Waals surface area contributed by atoms with Crippen LogP contribution in [-0.2, 0) is 25.7 Å². The summed E-state index contributed by atoms with van der Waals surface area (Å²) in [5.74, 6) is -1.19. The van der Waals surface area contributed by atoms with Crippen LogP contribution in [0.25, 0.3) is 0 Å². The number of hydrogen-bond donors (Lipinski definition) is 1. The van der Waals surface area contributed by atoms with Gasteiger partial charge in [0.1, 0.15) is 12.6 Å². The smallest absolute Gasteiger partial charge is 0.325 e. The fraction of sp³-hybridized carbons (Fsp3) is 0.238. The van der Waals surface area contributed by atoms with Crippen LogP contribution < -0.4 is 5.32 Å². The van der Waals surface area contributed by atoms with Crippen molar-refractivity contribution in [3.8, 4) is 0 Å². The molecule has 1 heterocycles. The molecule has 0 spiro atoms. The van der Waals surface area contributed by atoms with Crippen molar-refractivity contribution in [1.29, 1.82) is 0 Å². The monoisotopic (exact) mass is 537 g/mol. The van der Waals surface area contributed by atoms with Gasteiger partial charge in [0.05, 0.1) is 20.1 Å². The first-order valence-corrected chi connectivity index (χ1v) is 10.7. The molecule has 0 bridgehead atoms. The molecule has 1 N–H and O–H groups in total. The Balaban J connectivity index is 1.77. The van der Waals surface area contributed by atoms with E-state index in [2.05, 4.69) is 27.9 Å². The van der Waals surface area contributed by atoms with Crippen molar-refractivity contribution in [3.63, 3.8) is 0 Å². The Kier molecular flexibility index (Phi) is 7.38. The van der Waals surface area contributed by atoms with E-state index in [1.807, 2.05) is 42.5 Å². The zero-order chi connectivity index (χ0) is 21.7. The molecule has 2 amide bonds. The highest BCUT2D eigenvalue weighted by molar-refractivity contribution is 14.1. The van der Waals surface area contributed by atoms with Gasteiger partial charge in [0, 0.05) is 9.26 Å². The third-order valence-electron chi connectivity index (χ3n) is 4.62. The number of anilines is 1. The number of carbonyl (C=O) groups is 3. The molecular formula is C21H20IN3O4S. The number of rotatable bonds is 7. The molecule has 0 aliphatic carbocycles. The highest BCUT2D eigenvalue weighted by atomic mass is 127. The molecule has 0 aromatic heterocycles. The molecule has 1 atom stereocenters. The molecule has 0 radical (unpaired) electrons. The second-order valence-electron chi connectivity index (χ2n) is 6.67. The summed E-state index contributed by atoms with van der Waals surface area (Å²) in [6, 6.07) is 15.8. The Labute approximate surface area is 193 Å². The third-order valence-corrected chi connectivity index (χ3v) is 5.80. The predicted octanol–water partition coefficient (Wildman–Crippen LogP) is 2.79. The Morgan fingerprint density at radius 2 is 1.80 bits per heavy atom. The minimum atomic E-state index is -0.871. The first-order valence-electron chi connectivity index (χ1n) is 9.17. The molecule has 0 saturated carbocycles. The van der Waals surface area contributed by atoms with Gasteiger partial charge in [0.15, 0.2) is 5.11 Å². The predicted molar refractivity (Wildman–Crippen MR) is 125 cm³/mol. The van der Waals surface area contributed by atoms with Crippen LogP contribution in [0.1, 0.15) is 12.0 Å². The van der Waals surface area contributed by atoms with E-state index in [0.717, 1.165) is 9.13 Å². The number of benzene rings is 2. The fourth-order valence-corrected chi connectivity index (χ4v) is 3.81. The molecule has 1 saturated heterocycles. The molecule has 1 aliphatic heterocycles. The van der Waals surface area contributed by atoms with E-state index < -0.39 is 12.0 Å². The molecule has 7 nitrogen and oxygen atoms in total. The maximum atomic E-state index is 13.1. The standard InChI is InChI=1S/C21H20IN3O4S/c1-29-19(27)13-24-17(11-18(26)23-16-9-7-15(22)8-10-16)20(28)25(21(24)30)12-14-5-3-2-4-6-14/h2-10,17H,11-13H2,1H3,(H,23,26)/t17-/m0/s1. The van der Waals surface area contributed by atoms with Crippen LogP contribution in [0.15, 0.2) is 54.6 Å². The Hall–Kier alpha value is -2.53. The number of halogens is 1. The average Bonchev–Trinajstić information content (AvgIpc) is 2.95. The summed E-state index contributed by atoms with van der Waals surface area (Å²) in [6.45, 7) is 0.0687. The highest BCUT2D eigenvalue weighted by Gasteiger charge is 2.44. The van der Waals surface area contributed by atoms with Crippen LogP contribution in [0.4, 0.5) is 5.69 Å². The lowest BCUT2D eigenvalue weighted by Crippen LogP contribution is -2.41. The molecule has 156 valence electrons. The maximum absolute atomic E-state index is 13.1. The number of hydrogen-bond acceptors (Lipinski definition) is 5. The van der Waals surface area contributed by atoms with Crippen molar-refractivity contribution < 1.29 is 19.1 Å². The number of amides is 2. The fourth-order valence-electron chi connectivity index (χ4n) is 3.11. The molecule has 2 aromatic rings. The van der Waals surface area contributed by atoms with Gasteiger partial charge in [-0.1, -0.05) is 30.3 Å². The van der Waals surface area contributed by atoms with Gasteiger partial charge in [0.25, 0.3) is 5.91 Å². The van der Waals surface area contributed by atoms with E-state index in [0.29, 0.717) is 5.69 Å². The van der Waals surface area contributed by atoms with Gasteiger partial charge < -0.3 is 15.0 Å². The van der Waals surface area contributed by atoms with Crippen LogP contribution in [-0.4, -0.2) is 52.4 Å². The van der Waals surface area contributed by atoms with Crippen LogP contribution in [0.3, 0.4) is 0 Å². The largest absolute Gasteiger partial charge is 0.468 e.